The zero-order valence-electron chi connectivity index (χ0n) is 6.40. The van der Waals surface area contributed by atoms with E-state index in [1.807, 2.05) is 6.92 Å². The molecule has 0 bridgehead atoms. The Morgan fingerprint density at radius 3 is 2.22 bits per heavy atom. The van der Waals surface area contributed by atoms with E-state index in [-0.39, 0.29) is 11.3 Å². The molecule has 1 nitrogen and oxygen atoms in total. The molecule has 0 aromatic carbocycles. The van der Waals surface area contributed by atoms with Crippen molar-refractivity contribution in [2.45, 2.75) is 33.6 Å². The first-order chi connectivity index (χ1) is 4.04. The van der Waals surface area contributed by atoms with E-state index in [1.54, 1.807) is 0 Å². The predicted octanol–water partition coefficient (Wildman–Crippen LogP) is 2.01. The molecule has 1 aliphatic carbocycles. The number of carbonyl (C=O) groups is 1. The van der Waals surface area contributed by atoms with Crippen LogP contribution in [0.5, 0.6) is 0 Å². The zero-order chi connectivity index (χ0) is 7.07. The minimum absolute atomic E-state index is 0.275. The fraction of sp³-hybridized carbons (Fsp3) is 0.875. The number of hydrogen-bond acceptors (Lipinski definition) is 1. The summed E-state index contributed by atoms with van der Waals surface area (Å²) < 4.78 is 0. The molecule has 1 rings (SSSR count). The fourth-order valence-corrected chi connectivity index (χ4v) is 1.31. The van der Waals surface area contributed by atoms with E-state index >= 15 is 0 Å². The minimum atomic E-state index is 0.275. The highest BCUT2D eigenvalue weighted by atomic mass is 16.1. The molecule has 52 valence electrons. The smallest absolute Gasteiger partial charge is 0.136 e. The molecule has 0 amide bonds. The highest BCUT2D eigenvalue weighted by Gasteiger charge is 2.37. The normalized spacial score (nSPS) is 33.2. The molecular formula is C8H14O. The molecular weight excluding hydrogens is 112 g/mol. The summed E-state index contributed by atoms with van der Waals surface area (Å²) in [6.07, 6.45) is 1.88. The molecule has 0 N–H and O–H groups in total. The highest BCUT2D eigenvalue weighted by molar-refractivity contribution is 5.83. The Labute approximate surface area is 56.4 Å². The highest BCUT2D eigenvalue weighted by Crippen LogP contribution is 2.39. The second kappa shape index (κ2) is 1.83. The maximum Gasteiger partial charge on any atom is 0.136 e. The van der Waals surface area contributed by atoms with Gasteiger partial charge in [-0.05, 0) is 11.8 Å². The fourth-order valence-electron chi connectivity index (χ4n) is 1.31. The lowest BCUT2D eigenvalue weighted by atomic mass is 9.83. The van der Waals surface area contributed by atoms with Gasteiger partial charge in [-0.25, -0.2) is 0 Å². The van der Waals surface area contributed by atoms with Crippen LogP contribution in [0, 0.1) is 11.3 Å². The molecule has 1 heteroatoms. The van der Waals surface area contributed by atoms with Crippen LogP contribution in [-0.2, 0) is 4.79 Å². The number of Topliss-reactive ketones (excluding diaryl/α,β-unsaturated/α-hetero) is 1. The number of ketones is 1. The molecule has 0 aromatic heterocycles. The molecule has 0 aliphatic heterocycles. The van der Waals surface area contributed by atoms with Crippen LogP contribution in [0.4, 0.5) is 0 Å². The van der Waals surface area contributed by atoms with Gasteiger partial charge in [0.25, 0.3) is 0 Å². The third kappa shape index (κ3) is 1.00. The van der Waals surface area contributed by atoms with Gasteiger partial charge >= 0.3 is 0 Å². The van der Waals surface area contributed by atoms with Crippen LogP contribution < -0.4 is 0 Å². The third-order valence-electron chi connectivity index (χ3n) is 2.67. The Morgan fingerprint density at radius 2 is 2.11 bits per heavy atom. The van der Waals surface area contributed by atoms with Crippen LogP contribution in [0.25, 0.3) is 0 Å². The van der Waals surface area contributed by atoms with Crippen LogP contribution in [0.2, 0.25) is 0 Å². The van der Waals surface area contributed by atoms with Gasteiger partial charge in [-0.3, -0.25) is 4.79 Å². The summed E-state index contributed by atoms with van der Waals surface area (Å²) in [4.78, 5) is 11.0. The van der Waals surface area contributed by atoms with Gasteiger partial charge < -0.3 is 0 Å². The molecule has 0 spiro atoms. The summed E-state index contributed by atoms with van der Waals surface area (Å²) in [5.74, 6) is 0.734. The SMILES string of the molecule is CC1C(=O)CCC1(C)C. The standard InChI is InChI=1S/C8H14O/c1-6-7(9)4-5-8(6,2)3/h6H,4-5H2,1-3H3. The Balaban J connectivity index is 2.73. The molecule has 1 saturated carbocycles. The summed E-state index contributed by atoms with van der Waals surface area (Å²) >= 11 is 0. The van der Waals surface area contributed by atoms with E-state index < -0.39 is 0 Å². The quantitative estimate of drug-likeness (QED) is 0.485. The topological polar surface area (TPSA) is 17.1 Å². The molecule has 9 heavy (non-hydrogen) atoms. The summed E-state index contributed by atoms with van der Waals surface area (Å²) in [6.45, 7) is 6.38. The van der Waals surface area contributed by atoms with Gasteiger partial charge in [0.15, 0.2) is 0 Å². The Bertz CT molecular complexity index is 136. The Kier molecular flexibility index (Phi) is 1.38. The molecule has 0 saturated heterocycles. The number of carbonyl (C=O) groups excluding carboxylic acids is 1. The van der Waals surface area contributed by atoms with E-state index in [9.17, 15) is 4.79 Å². The van der Waals surface area contributed by atoms with Crippen LogP contribution in [0.3, 0.4) is 0 Å². The van der Waals surface area contributed by atoms with Crippen molar-refractivity contribution in [2.75, 3.05) is 0 Å². The summed E-state index contributed by atoms with van der Waals surface area (Å²) in [7, 11) is 0. The molecule has 1 unspecified atom stereocenters. The Morgan fingerprint density at radius 1 is 1.56 bits per heavy atom. The van der Waals surface area contributed by atoms with Crippen molar-refractivity contribution in [1.29, 1.82) is 0 Å². The first-order valence-corrected chi connectivity index (χ1v) is 3.57. The molecule has 0 heterocycles. The van der Waals surface area contributed by atoms with Crippen LogP contribution in [-0.4, -0.2) is 5.78 Å². The van der Waals surface area contributed by atoms with Gasteiger partial charge in [-0.1, -0.05) is 20.8 Å². The predicted molar refractivity (Wildman–Crippen MR) is 37.2 cm³/mol. The van der Waals surface area contributed by atoms with Gasteiger partial charge in [-0.2, -0.15) is 0 Å². The average Bonchev–Trinajstić information content (AvgIpc) is 1.97. The van der Waals surface area contributed by atoms with Crippen LogP contribution in [0.15, 0.2) is 0 Å². The summed E-state index contributed by atoms with van der Waals surface area (Å²) in [5, 5.41) is 0. The second-order valence-electron chi connectivity index (χ2n) is 3.68. The van der Waals surface area contributed by atoms with Crippen molar-refractivity contribution >= 4 is 5.78 Å². The first-order valence-electron chi connectivity index (χ1n) is 3.57. The van der Waals surface area contributed by atoms with Crippen molar-refractivity contribution in [2.24, 2.45) is 11.3 Å². The Hall–Kier alpha value is -0.330. The van der Waals surface area contributed by atoms with Crippen molar-refractivity contribution < 1.29 is 4.79 Å². The first kappa shape index (κ1) is 6.79. The summed E-state index contributed by atoms with van der Waals surface area (Å²) in [5.41, 5.74) is 0.275. The van der Waals surface area contributed by atoms with Crippen molar-refractivity contribution in [3.8, 4) is 0 Å². The largest absolute Gasteiger partial charge is 0.299 e. The lowest BCUT2D eigenvalue weighted by Gasteiger charge is -2.21. The van der Waals surface area contributed by atoms with Gasteiger partial charge in [0.2, 0.25) is 0 Å². The zero-order valence-corrected chi connectivity index (χ0v) is 6.40. The molecule has 0 aromatic rings. The second-order valence-corrected chi connectivity index (χ2v) is 3.68. The third-order valence-corrected chi connectivity index (χ3v) is 2.67. The summed E-state index contributed by atoms with van der Waals surface area (Å²) in [6, 6.07) is 0. The maximum atomic E-state index is 11.0. The van der Waals surface area contributed by atoms with E-state index in [2.05, 4.69) is 13.8 Å². The van der Waals surface area contributed by atoms with Gasteiger partial charge in [0.05, 0.1) is 0 Å². The maximum absolute atomic E-state index is 11.0. The van der Waals surface area contributed by atoms with Crippen molar-refractivity contribution in [3.63, 3.8) is 0 Å². The lowest BCUT2D eigenvalue weighted by molar-refractivity contribution is -0.121. The van der Waals surface area contributed by atoms with E-state index in [4.69, 9.17) is 0 Å². The van der Waals surface area contributed by atoms with E-state index in [0.29, 0.717) is 5.78 Å². The monoisotopic (exact) mass is 126 g/mol. The molecule has 1 aliphatic rings. The molecule has 0 radical (unpaired) electrons. The van der Waals surface area contributed by atoms with Gasteiger partial charge in [0.1, 0.15) is 5.78 Å². The average molecular weight is 126 g/mol. The van der Waals surface area contributed by atoms with Gasteiger partial charge in [0, 0.05) is 12.3 Å². The lowest BCUT2D eigenvalue weighted by Crippen LogP contribution is -2.18. The minimum Gasteiger partial charge on any atom is -0.299 e. The van der Waals surface area contributed by atoms with E-state index in [0.717, 1.165) is 12.8 Å². The molecule has 1 atom stereocenters. The van der Waals surface area contributed by atoms with Crippen LogP contribution >= 0.6 is 0 Å². The number of hydrogen-bond donors (Lipinski definition) is 0. The molecule has 1 fully saturated rings. The number of rotatable bonds is 0. The van der Waals surface area contributed by atoms with E-state index in [1.165, 1.54) is 0 Å². The van der Waals surface area contributed by atoms with Crippen molar-refractivity contribution in [1.82, 2.24) is 0 Å². The van der Waals surface area contributed by atoms with Crippen LogP contribution in [0.1, 0.15) is 33.6 Å². The van der Waals surface area contributed by atoms with Gasteiger partial charge in [-0.15, -0.1) is 0 Å². The van der Waals surface area contributed by atoms with Crippen molar-refractivity contribution in [3.05, 3.63) is 0 Å².